The quantitative estimate of drug-likeness (QED) is 0.328. The molecule has 2 heterocycles. The summed E-state index contributed by atoms with van der Waals surface area (Å²) in [4.78, 5) is 31.3. The van der Waals surface area contributed by atoms with Crippen molar-refractivity contribution in [3.8, 4) is 0 Å². The van der Waals surface area contributed by atoms with Gasteiger partial charge in [0.25, 0.3) is 5.69 Å². The minimum Gasteiger partial charge on any atom is -0.466 e. The van der Waals surface area contributed by atoms with Crippen molar-refractivity contribution in [3.05, 3.63) is 51.0 Å². The van der Waals surface area contributed by atoms with E-state index < -0.39 is 5.97 Å². The summed E-state index contributed by atoms with van der Waals surface area (Å²) in [6, 6.07) is 5.01. The summed E-state index contributed by atoms with van der Waals surface area (Å²) >= 11 is 1.62. The topological polar surface area (TPSA) is 88.8 Å². The lowest BCUT2D eigenvalue weighted by Gasteiger charge is -2.23. The summed E-state index contributed by atoms with van der Waals surface area (Å²) in [7, 11) is 1.29. The number of carbonyl (C=O) groups excluding carboxylic acids is 1. The Hall–Kier alpha value is -2.94. The smallest absolute Gasteiger partial charge is 0.330 e. The van der Waals surface area contributed by atoms with E-state index in [0.717, 1.165) is 36.9 Å². The van der Waals surface area contributed by atoms with Crippen LogP contribution in [0.2, 0.25) is 0 Å². The molecule has 8 nitrogen and oxygen atoms in total. The van der Waals surface area contributed by atoms with Crippen molar-refractivity contribution < 1.29 is 14.5 Å². The predicted octanol–water partition coefficient (Wildman–Crippen LogP) is 3.26. The van der Waals surface area contributed by atoms with Crippen LogP contribution in [0.4, 0.5) is 16.5 Å². The van der Waals surface area contributed by atoms with Gasteiger partial charge < -0.3 is 14.5 Å². The minimum absolute atomic E-state index is 0.0329. The van der Waals surface area contributed by atoms with Crippen molar-refractivity contribution in [2.24, 2.45) is 0 Å². The molecule has 0 amide bonds. The molecule has 2 aromatic rings. The van der Waals surface area contributed by atoms with Gasteiger partial charge in [0, 0.05) is 43.7 Å². The zero-order valence-corrected chi connectivity index (χ0v) is 16.6. The molecular weight excluding hydrogens is 380 g/mol. The number of ether oxygens (including phenoxy) is 1. The maximum atomic E-state index is 11.6. The van der Waals surface area contributed by atoms with E-state index in [9.17, 15) is 14.9 Å². The van der Waals surface area contributed by atoms with E-state index in [4.69, 9.17) is 0 Å². The Balaban J connectivity index is 1.79. The van der Waals surface area contributed by atoms with Gasteiger partial charge in [-0.1, -0.05) is 6.07 Å². The molecule has 0 bridgehead atoms. The maximum Gasteiger partial charge on any atom is 0.330 e. The van der Waals surface area contributed by atoms with Gasteiger partial charge in [0.05, 0.1) is 17.7 Å². The molecule has 1 aliphatic rings. The molecule has 0 saturated carbocycles. The lowest BCUT2D eigenvalue weighted by Crippen LogP contribution is -2.31. The number of hydrogen-bond acceptors (Lipinski definition) is 8. The van der Waals surface area contributed by atoms with Crippen LogP contribution in [0.1, 0.15) is 17.7 Å². The second kappa shape index (κ2) is 8.83. The molecule has 0 unspecified atom stereocenters. The largest absolute Gasteiger partial charge is 0.466 e. The van der Waals surface area contributed by atoms with Gasteiger partial charge in [-0.3, -0.25) is 10.1 Å². The second-order valence-electron chi connectivity index (χ2n) is 6.46. The third-order valence-corrected chi connectivity index (χ3v) is 5.54. The van der Waals surface area contributed by atoms with E-state index in [2.05, 4.69) is 14.6 Å². The van der Waals surface area contributed by atoms with Crippen LogP contribution in [-0.2, 0) is 9.53 Å². The molecule has 1 saturated heterocycles. The van der Waals surface area contributed by atoms with E-state index in [1.165, 1.54) is 25.3 Å². The molecule has 0 aliphatic carbocycles. The molecule has 1 aromatic heterocycles. The molecule has 0 N–H and O–H groups in total. The summed E-state index contributed by atoms with van der Waals surface area (Å²) < 4.78 is 4.55. The third kappa shape index (κ3) is 4.66. The maximum absolute atomic E-state index is 11.6. The number of esters is 1. The number of nitrogens with zero attached hydrogens (tertiary/aromatic N) is 4. The number of rotatable bonds is 5. The number of nitro benzene ring substituents is 1. The zero-order chi connectivity index (χ0) is 20.1. The summed E-state index contributed by atoms with van der Waals surface area (Å²) in [6.07, 6.45) is 3.65. The Kier molecular flexibility index (Phi) is 6.25. The first kappa shape index (κ1) is 19.8. The highest BCUT2D eigenvalue weighted by molar-refractivity contribution is 7.13. The summed E-state index contributed by atoms with van der Waals surface area (Å²) in [5, 5.41) is 14.7. The molecule has 0 spiro atoms. The lowest BCUT2D eigenvalue weighted by atomic mass is 10.1. The van der Waals surface area contributed by atoms with Crippen LogP contribution < -0.4 is 9.80 Å². The molecule has 28 heavy (non-hydrogen) atoms. The zero-order valence-electron chi connectivity index (χ0n) is 15.8. The van der Waals surface area contributed by atoms with Gasteiger partial charge >= 0.3 is 5.97 Å². The molecular formula is C19H22N4O4S. The van der Waals surface area contributed by atoms with Crippen molar-refractivity contribution >= 4 is 39.9 Å². The minimum atomic E-state index is -0.503. The number of methoxy groups -OCH3 is 1. The first-order chi connectivity index (χ1) is 13.5. The average molecular weight is 402 g/mol. The first-order valence-electron chi connectivity index (χ1n) is 8.94. The molecule has 148 valence electrons. The molecule has 1 aliphatic heterocycles. The highest BCUT2D eigenvalue weighted by Crippen LogP contribution is 2.31. The van der Waals surface area contributed by atoms with E-state index in [0.29, 0.717) is 17.8 Å². The van der Waals surface area contributed by atoms with Gasteiger partial charge in [0.15, 0.2) is 5.13 Å². The van der Waals surface area contributed by atoms with Gasteiger partial charge in [0.2, 0.25) is 0 Å². The number of aryl methyl sites for hydroxylation is 1. The third-order valence-electron chi connectivity index (χ3n) is 4.52. The Bertz CT molecular complexity index is 896. The van der Waals surface area contributed by atoms with Crippen LogP contribution >= 0.6 is 11.3 Å². The Morgan fingerprint density at radius 2 is 2.04 bits per heavy atom. The number of aromatic nitrogens is 1. The number of hydrogen-bond donors (Lipinski definition) is 0. The van der Waals surface area contributed by atoms with Gasteiger partial charge in [-0.25, -0.2) is 9.78 Å². The standard InChI is InChI=1S/C19H22N4O4S/c1-14-13-28-19(20-14)22-9-3-8-21(10-11-22)16-6-4-15(5-7-18(24)27-2)12-17(16)23(25)26/h4-7,12-13H,3,8-11H2,1-2H3/b7-5+. The van der Waals surface area contributed by atoms with Gasteiger partial charge in [0.1, 0.15) is 5.69 Å². The fourth-order valence-electron chi connectivity index (χ4n) is 3.13. The van der Waals surface area contributed by atoms with Crippen LogP contribution in [0.25, 0.3) is 6.08 Å². The normalized spacial score (nSPS) is 14.9. The molecule has 0 atom stereocenters. The average Bonchev–Trinajstić information content (AvgIpc) is 2.98. The van der Waals surface area contributed by atoms with Crippen LogP contribution in [0.3, 0.4) is 0 Å². The van der Waals surface area contributed by atoms with E-state index in [1.807, 2.05) is 17.2 Å². The first-order valence-corrected chi connectivity index (χ1v) is 9.82. The van der Waals surface area contributed by atoms with Gasteiger partial charge in [-0.15, -0.1) is 11.3 Å². The van der Waals surface area contributed by atoms with Gasteiger partial charge in [-0.05, 0) is 31.1 Å². The van der Waals surface area contributed by atoms with E-state index in [-0.39, 0.29) is 10.6 Å². The fraction of sp³-hybridized carbons (Fsp3) is 0.368. The Morgan fingerprint density at radius 3 is 2.71 bits per heavy atom. The summed E-state index contributed by atoms with van der Waals surface area (Å²) in [6.45, 7) is 5.02. The van der Waals surface area contributed by atoms with Crippen molar-refractivity contribution in [1.82, 2.24) is 4.98 Å². The number of thiazole rings is 1. The predicted molar refractivity (Wildman–Crippen MR) is 110 cm³/mol. The summed E-state index contributed by atoms with van der Waals surface area (Å²) in [5.74, 6) is -0.503. The van der Waals surface area contributed by atoms with Crippen molar-refractivity contribution in [2.75, 3.05) is 43.1 Å². The van der Waals surface area contributed by atoms with Crippen LogP contribution in [0, 0.1) is 17.0 Å². The van der Waals surface area contributed by atoms with Crippen molar-refractivity contribution in [3.63, 3.8) is 0 Å². The number of anilines is 2. The highest BCUT2D eigenvalue weighted by Gasteiger charge is 2.23. The SMILES string of the molecule is COC(=O)/C=C/c1ccc(N2CCCN(c3nc(C)cs3)CC2)c([N+](=O)[O-])c1. The summed E-state index contributed by atoms with van der Waals surface area (Å²) in [5.41, 5.74) is 2.21. The Labute approximate surface area is 167 Å². The van der Waals surface area contributed by atoms with Crippen LogP contribution in [0.15, 0.2) is 29.7 Å². The van der Waals surface area contributed by atoms with Crippen LogP contribution in [-0.4, -0.2) is 49.2 Å². The number of carbonyl (C=O) groups is 1. The van der Waals surface area contributed by atoms with E-state index in [1.54, 1.807) is 23.5 Å². The van der Waals surface area contributed by atoms with Gasteiger partial charge in [-0.2, -0.15) is 0 Å². The number of benzene rings is 1. The molecule has 0 radical (unpaired) electrons. The fourth-order valence-corrected chi connectivity index (χ4v) is 3.98. The van der Waals surface area contributed by atoms with Crippen molar-refractivity contribution in [2.45, 2.75) is 13.3 Å². The van der Waals surface area contributed by atoms with Crippen molar-refractivity contribution in [1.29, 1.82) is 0 Å². The lowest BCUT2D eigenvalue weighted by molar-refractivity contribution is -0.384. The van der Waals surface area contributed by atoms with Crippen LogP contribution in [0.5, 0.6) is 0 Å². The molecule has 1 aromatic carbocycles. The number of nitro groups is 1. The van der Waals surface area contributed by atoms with E-state index >= 15 is 0 Å². The Morgan fingerprint density at radius 1 is 1.29 bits per heavy atom. The molecule has 9 heteroatoms. The second-order valence-corrected chi connectivity index (χ2v) is 7.30. The highest BCUT2D eigenvalue weighted by atomic mass is 32.1. The molecule has 3 rings (SSSR count). The monoisotopic (exact) mass is 402 g/mol. The molecule has 1 fully saturated rings.